The summed E-state index contributed by atoms with van der Waals surface area (Å²) in [5, 5.41) is 9.13. The normalized spacial score (nSPS) is 17.5. The van der Waals surface area contributed by atoms with Gasteiger partial charge in [-0.15, -0.1) is 0 Å². The van der Waals surface area contributed by atoms with Gasteiger partial charge in [-0.3, -0.25) is 4.79 Å². The van der Waals surface area contributed by atoms with Crippen LogP contribution in [-0.2, 0) is 4.79 Å². The van der Waals surface area contributed by atoms with Gasteiger partial charge in [0.05, 0.1) is 23.2 Å². The van der Waals surface area contributed by atoms with Crippen molar-refractivity contribution in [3.8, 4) is 0 Å². The summed E-state index contributed by atoms with van der Waals surface area (Å²) >= 11 is 1.21. The number of nitrogens with one attached hydrogen (secondary N) is 1. The Hall–Kier alpha value is -2.74. The second-order valence-electron chi connectivity index (χ2n) is 5.81. The number of rotatable bonds is 3. The van der Waals surface area contributed by atoms with Gasteiger partial charge in [0, 0.05) is 24.3 Å². The maximum Gasteiger partial charge on any atom is 0.234 e. The van der Waals surface area contributed by atoms with E-state index >= 15 is 0 Å². The molecule has 4 rings (SSSR count). The minimum Gasteiger partial charge on any atom is -0.323 e. The fourth-order valence-corrected chi connectivity index (χ4v) is 3.69. The van der Waals surface area contributed by atoms with Gasteiger partial charge in [-0.1, -0.05) is 30.0 Å². The van der Waals surface area contributed by atoms with Crippen molar-refractivity contribution in [3.05, 3.63) is 59.7 Å². The SMILES string of the molecule is O=C(CSC1=Nc2ccccc2C2CC=NN12)Nc1cc(F)ccc1F. The Labute approximate surface area is 152 Å². The van der Waals surface area contributed by atoms with Crippen LogP contribution >= 0.6 is 11.8 Å². The first-order valence-corrected chi connectivity index (χ1v) is 8.97. The predicted molar refractivity (Wildman–Crippen MR) is 98.7 cm³/mol. The van der Waals surface area contributed by atoms with Crippen LogP contribution in [0.4, 0.5) is 20.2 Å². The van der Waals surface area contributed by atoms with Crippen molar-refractivity contribution in [3.63, 3.8) is 0 Å². The van der Waals surface area contributed by atoms with Crippen molar-refractivity contribution < 1.29 is 13.6 Å². The smallest absolute Gasteiger partial charge is 0.234 e. The van der Waals surface area contributed by atoms with Crippen LogP contribution < -0.4 is 5.32 Å². The second kappa shape index (κ2) is 6.87. The summed E-state index contributed by atoms with van der Waals surface area (Å²) in [5.41, 5.74) is 1.78. The zero-order chi connectivity index (χ0) is 18.1. The second-order valence-corrected chi connectivity index (χ2v) is 6.75. The summed E-state index contributed by atoms with van der Waals surface area (Å²) < 4.78 is 26.8. The Kier molecular flexibility index (Phi) is 4.42. The van der Waals surface area contributed by atoms with Crippen LogP contribution in [0.15, 0.2) is 52.6 Å². The van der Waals surface area contributed by atoms with Crippen LogP contribution in [-0.4, -0.2) is 28.1 Å². The monoisotopic (exact) mass is 372 g/mol. The number of anilines is 1. The van der Waals surface area contributed by atoms with Gasteiger partial charge in [-0.25, -0.2) is 18.8 Å². The highest BCUT2D eigenvalue weighted by Crippen LogP contribution is 2.40. The maximum atomic E-state index is 13.6. The third kappa shape index (κ3) is 3.20. The molecule has 0 aromatic heterocycles. The fourth-order valence-electron chi connectivity index (χ4n) is 2.89. The minimum atomic E-state index is -0.683. The Balaban J connectivity index is 1.47. The summed E-state index contributed by atoms with van der Waals surface area (Å²) in [7, 11) is 0. The highest BCUT2D eigenvalue weighted by Gasteiger charge is 2.32. The zero-order valence-corrected chi connectivity index (χ0v) is 14.3. The molecule has 2 aliphatic heterocycles. The molecule has 0 aliphatic carbocycles. The summed E-state index contributed by atoms with van der Waals surface area (Å²) in [6.07, 6.45) is 2.60. The molecule has 0 saturated carbocycles. The topological polar surface area (TPSA) is 57.1 Å². The number of fused-ring (bicyclic) bond motifs is 3. The van der Waals surface area contributed by atoms with E-state index in [9.17, 15) is 13.6 Å². The van der Waals surface area contributed by atoms with Crippen LogP contribution in [0, 0.1) is 11.6 Å². The number of carbonyl (C=O) groups excluding carboxylic acids is 1. The number of amides is 1. The van der Waals surface area contributed by atoms with Gasteiger partial charge in [-0.05, 0) is 18.2 Å². The number of nitrogens with zero attached hydrogens (tertiary/aromatic N) is 3. The lowest BCUT2D eigenvalue weighted by atomic mass is 10.0. The van der Waals surface area contributed by atoms with E-state index in [2.05, 4.69) is 15.4 Å². The Morgan fingerprint density at radius 3 is 3.00 bits per heavy atom. The molecule has 0 radical (unpaired) electrons. The number of benzene rings is 2. The summed E-state index contributed by atoms with van der Waals surface area (Å²) in [6, 6.07) is 10.8. The average molecular weight is 372 g/mol. The first-order chi connectivity index (χ1) is 12.6. The molecule has 2 aliphatic rings. The quantitative estimate of drug-likeness (QED) is 0.884. The van der Waals surface area contributed by atoms with Crippen molar-refractivity contribution in [1.82, 2.24) is 5.01 Å². The summed E-state index contributed by atoms with van der Waals surface area (Å²) in [6.45, 7) is 0. The van der Waals surface area contributed by atoms with Crippen molar-refractivity contribution >= 4 is 40.4 Å². The molecule has 2 aromatic carbocycles. The molecule has 26 heavy (non-hydrogen) atoms. The number of thioether (sulfide) groups is 1. The largest absolute Gasteiger partial charge is 0.323 e. The number of carbonyl (C=O) groups is 1. The number of halogens is 2. The number of aliphatic imine (C=N–C) groups is 1. The van der Waals surface area contributed by atoms with Crippen molar-refractivity contribution in [2.45, 2.75) is 12.5 Å². The predicted octanol–water partition coefficient (Wildman–Crippen LogP) is 4.07. The van der Waals surface area contributed by atoms with Gasteiger partial charge < -0.3 is 5.32 Å². The lowest BCUT2D eigenvalue weighted by Crippen LogP contribution is -2.29. The zero-order valence-electron chi connectivity index (χ0n) is 13.5. The third-order valence-corrected chi connectivity index (χ3v) is 5.02. The fraction of sp³-hybridized carbons (Fsp3) is 0.167. The van der Waals surface area contributed by atoms with Crippen LogP contribution in [0.2, 0.25) is 0 Å². The molecule has 5 nitrogen and oxygen atoms in total. The number of hydrogen-bond acceptors (Lipinski definition) is 5. The number of hydrogen-bond donors (Lipinski definition) is 1. The molecule has 2 heterocycles. The molecule has 1 unspecified atom stereocenters. The molecule has 1 atom stereocenters. The first-order valence-electron chi connectivity index (χ1n) is 7.99. The molecule has 0 saturated heterocycles. The Morgan fingerprint density at radius 2 is 2.12 bits per heavy atom. The van der Waals surface area contributed by atoms with Gasteiger partial charge in [-0.2, -0.15) is 5.10 Å². The van der Waals surface area contributed by atoms with Gasteiger partial charge >= 0.3 is 0 Å². The molecular formula is C18H14F2N4OS. The van der Waals surface area contributed by atoms with E-state index in [1.807, 2.05) is 30.5 Å². The average Bonchev–Trinajstić information content (AvgIpc) is 3.13. The minimum absolute atomic E-state index is 0.00962. The van der Waals surface area contributed by atoms with E-state index < -0.39 is 17.5 Å². The van der Waals surface area contributed by atoms with Crippen molar-refractivity contribution in [1.29, 1.82) is 0 Å². The lowest BCUT2D eigenvalue weighted by Gasteiger charge is -2.29. The highest BCUT2D eigenvalue weighted by molar-refractivity contribution is 8.14. The molecule has 0 fully saturated rings. The van der Waals surface area contributed by atoms with Crippen LogP contribution in [0.3, 0.4) is 0 Å². The molecule has 132 valence electrons. The molecule has 0 spiro atoms. The number of hydrazone groups is 1. The summed E-state index contributed by atoms with van der Waals surface area (Å²) in [4.78, 5) is 16.7. The highest BCUT2D eigenvalue weighted by atomic mass is 32.2. The van der Waals surface area contributed by atoms with Crippen LogP contribution in [0.25, 0.3) is 0 Å². The van der Waals surface area contributed by atoms with Gasteiger partial charge in [0.15, 0.2) is 5.17 Å². The Morgan fingerprint density at radius 1 is 1.27 bits per heavy atom. The van der Waals surface area contributed by atoms with E-state index in [0.717, 1.165) is 35.9 Å². The standard InChI is InChI=1S/C18H14F2N4OS/c19-11-5-6-13(20)15(9-11)22-17(25)10-26-18-23-14-4-2-1-3-12(14)16-7-8-21-24(16)18/h1-6,8-9,16H,7,10H2,(H,22,25). The van der Waals surface area contributed by atoms with Crippen molar-refractivity contribution in [2.24, 2.45) is 10.1 Å². The molecular weight excluding hydrogens is 358 g/mol. The molecule has 2 aromatic rings. The van der Waals surface area contributed by atoms with Gasteiger partial charge in [0.25, 0.3) is 0 Å². The summed E-state index contributed by atoms with van der Waals surface area (Å²) in [5.74, 6) is -1.73. The van der Waals surface area contributed by atoms with E-state index in [1.54, 1.807) is 5.01 Å². The number of amidine groups is 1. The maximum absolute atomic E-state index is 13.6. The van der Waals surface area contributed by atoms with Crippen LogP contribution in [0.1, 0.15) is 18.0 Å². The van der Waals surface area contributed by atoms with E-state index in [4.69, 9.17) is 0 Å². The lowest BCUT2D eigenvalue weighted by molar-refractivity contribution is -0.113. The van der Waals surface area contributed by atoms with Gasteiger partial charge in [0.1, 0.15) is 11.6 Å². The Bertz CT molecular complexity index is 931. The third-order valence-electron chi connectivity index (χ3n) is 4.07. The molecule has 0 bridgehead atoms. The number of para-hydroxylation sites is 1. The van der Waals surface area contributed by atoms with Gasteiger partial charge in [0.2, 0.25) is 5.91 Å². The molecule has 1 amide bonds. The van der Waals surface area contributed by atoms with E-state index in [1.165, 1.54) is 11.8 Å². The van der Waals surface area contributed by atoms with E-state index in [0.29, 0.717) is 5.17 Å². The van der Waals surface area contributed by atoms with Crippen molar-refractivity contribution in [2.75, 3.05) is 11.1 Å². The van der Waals surface area contributed by atoms with E-state index in [-0.39, 0.29) is 17.5 Å². The first kappa shape index (κ1) is 16.7. The molecule has 8 heteroatoms. The molecule has 1 N–H and O–H groups in total. The van der Waals surface area contributed by atoms with Crippen LogP contribution in [0.5, 0.6) is 0 Å².